The molecule has 6 heteroatoms. The van der Waals surface area contributed by atoms with E-state index < -0.39 is 10.0 Å². The van der Waals surface area contributed by atoms with Crippen molar-refractivity contribution < 1.29 is 12.8 Å². The fraction of sp³-hybridized carbons (Fsp3) is 0.625. The normalized spacial score (nSPS) is 20.2. The molecule has 1 aliphatic rings. The molecule has 0 saturated carbocycles. The van der Waals surface area contributed by atoms with Crippen LogP contribution in [0, 0.1) is 5.82 Å². The molecule has 22 heavy (non-hydrogen) atoms. The van der Waals surface area contributed by atoms with Crippen molar-refractivity contribution in [3.63, 3.8) is 0 Å². The minimum absolute atomic E-state index is 0.142. The smallest absolute Gasteiger partial charge is 0.214 e. The van der Waals surface area contributed by atoms with Gasteiger partial charge in [0.15, 0.2) is 0 Å². The maximum atomic E-state index is 13.0. The Bertz CT molecular complexity index is 599. The average molecular weight is 328 g/mol. The Morgan fingerprint density at radius 3 is 2.50 bits per heavy atom. The number of nitrogens with zero attached hydrogens (tertiary/aromatic N) is 1. The summed E-state index contributed by atoms with van der Waals surface area (Å²) in [5.74, 6) is 0.0308. The van der Waals surface area contributed by atoms with E-state index in [4.69, 9.17) is 0 Å². The fourth-order valence-electron chi connectivity index (χ4n) is 2.73. The van der Waals surface area contributed by atoms with Gasteiger partial charge in [-0.2, -0.15) is 0 Å². The molecular formula is C16H25FN2O2S. The molecule has 0 unspecified atom stereocenters. The molecule has 1 heterocycles. The quantitative estimate of drug-likeness (QED) is 0.870. The molecule has 2 rings (SSSR count). The number of rotatable bonds is 6. The molecule has 1 aromatic carbocycles. The van der Waals surface area contributed by atoms with E-state index in [1.807, 2.05) is 0 Å². The number of nitrogens with one attached hydrogen (secondary N) is 1. The lowest BCUT2D eigenvalue weighted by atomic mass is 9.78. The number of sulfonamides is 1. The summed E-state index contributed by atoms with van der Waals surface area (Å²) < 4.78 is 38.1. The molecule has 0 amide bonds. The van der Waals surface area contributed by atoms with Gasteiger partial charge in [0.05, 0.1) is 5.75 Å². The SMILES string of the molecule is C[C@H](NCCN1CCCS1(=O)=O)C(C)(C)c1ccc(F)cc1. The first-order valence-electron chi connectivity index (χ1n) is 7.71. The maximum Gasteiger partial charge on any atom is 0.214 e. The summed E-state index contributed by atoms with van der Waals surface area (Å²) in [5, 5.41) is 3.40. The third-order valence-electron chi connectivity index (χ3n) is 4.69. The summed E-state index contributed by atoms with van der Waals surface area (Å²) in [4.78, 5) is 0. The van der Waals surface area contributed by atoms with Gasteiger partial charge in [-0.1, -0.05) is 26.0 Å². The molecule has 1 fully saturated rings. The Morgan fingerprint density at radius 2 is 1.95 bits per heavy atom. The van der Waals surface area contributed by atoms with Crippen molar-refractivity contribution in [2.75, 3.05) is 25.4 Å². The zero-order valence-corrected chi connectivity index (χ0v) is 14.3. The Morgan fingerprint density at radius 1 is 1.32 bits per heavy atom. The molecule has 1 aromatic rings. The summed E-state index contributed by atoms with van der Waals surface area (Å²) in [6, 6.07) is 6.70. The molecule has 1 aliphatic heterocycles. The van der Waals surface area contributed by atoms with Crippen LogP contribution in [0.1, 0.15) is 32.8 Å². The van der Waals surface area contributed by atoms with Gasteiger partial charge in [0, 0.05) is 31.1 Å². The highest BCUT2D eigenvalue weighted by atomic mass is 32.2. The van der Waals surface area contributed by atoms with E-state index in [2.05, 4.69) is 26.1 Å². The van der Waals surface area contributed by atoms with Crippen molar-refractivity contribution in [1.82, 2.24) is 9.62 Å². The molecule has 0 aliphatic carbocycles. The molecule has 1 N–H and O–H groups in total. The highest BCUT2D eigenvalue weighted by molar-refractivity contribution is 7.89. The number of halogens is 1. The first-order chi connectivity index (χ1) is 10.2. The van der Waals surface area contributed by atoms with Crippen LogP contribution in [0.25, 0.3) is 0 Å². The zero-order chi connectivity index (χ0) is 16.4. The van der Waals surface area contributed by atoms with Crippen LogP contribution in [0.15, 0.2) is 24.3 Å². The number of hydrogen-bond donors (Lipinski definition) is 1. The Kier molecular flexibility index (Phi) is 5.25. The molecule has 124 valence electrons. The molecule has 0 radical (unpaired) electrons. The predicted molar refractivity (Wildman–Crippen MR) is 86.9 cm³/mol. The second kappa shape index (κ2) is 6.64. The highest BCUT2D eigenvalue weighted by Crippen LogP contribution is 2.27. The Hall–Kier alpha value is -0.980. The van der Waals surface area contributed by atoms with E-state index in [-0.39, 0.29) is 23.0 Å². The van der Waals surface area contributed by atoms with Crippen LogP contribution >= 0.6 is 0 Å². The molecule has 0 spiro atoms. The van der Waals surface area contributed by atoms with Crippen LogP contribution in [0.4, 0.5) is 4.39 Å². The van der Waals surface area contributed by atoms with E-state index in [0.717, 1.165) is 12.0 Å². The van der Waals surface area contributed by atoms with Gasteiger partial charge in [0.1, 0.15) is 5.82 Å². The summed E-state index contributed by atoms with van der Waals surface area (Å²) >= 11 is 0. The summed E-state index contributed by atoms with van der Waals surface area (Å²) in [6.45, 7) is 8.02. The zero-order valence-electron chi connectivity index (χ0n) is 13.5. The van der Waals surface area contributed by atoms with Crippen LogP contribution in [0.3, 0.4) is 0 Å². The van der Waals surface area contributed by atoms with Gasteiger partial charge >= 0.3 is 0 Å². The second-order valence-electron chi connectivity index (χ2n) is 6.47. The van der Waals surface area contributed by atoms with Crippen molar-refractivity contribution in [2.45, 2.75) is 38.6 Å². The van der Waals surface area contributed by atoms with E-state index in [9.17, 15) is 12.8 Å². The largest absolute Gasteiger partial charge is 0.312 e. The molecule has 0 bridgehead atoms. The van der Waals surface area contributed by atoms with E-state index in [1.54, 1.807) is 16.4 Å². The first-order valence-corrected chi connectivity index (χ1v) is 9.31. The number of benzene rings is 1. The van der Waals surface area contributed by atoms with Crippen LogP contribution in [0.2, 0.25) is 0 Å². The molecular weight excluding hydrogens is 303 g/mol. The topological polar surface area (TPSA) is 49.4 Å². The number of hydrogen-bond acceptors (Lipinski definition) is 3. The van der Waals surface area contributed by atoms with Crippen molar-refractivity contribution in [3.05, 3.63) is 35.6 Å². The monoisotopic (exact) mass is 328 g/mol. The van der Waals surface area contributed by atoms with Crippen LogP contribution < -0.4 is 5.32 Å². The molecule has 1 saturated heterocycles. The van der Waals surface area contributed by atoms with E-state index in [0.29, 0.717) is 19.6 Å². The van der Waals surface area contributed by atoms with Crippen LogP contribution in [-0.2, 0) is 15.4 Å². The van der Waals surface area contributed by atoms with Crippen molar-refractivity contribution in [3.8, 4) is 0 Å². The van der Waals surface area contributed by atoms with Gasteiger partial charge in [-0.15, -0.1) is 0 Å². The summed E-state index contributed by atoms with van der Waals surface area (Å²) in [6.07, 6.45) is 0.721. The molecule has 0 aromatic heterocycles. The van der Waals surface area contributed by atoms with Gasteiger partial charge in [-0.25, -0.2) is 17.1 Å². The van der Waals surface area contributed by atoms with Gasteiger partial charge in [0.2, 0.25) is 10.0 Å². The minimum atomic E-state index is -3.03. The predicted octanol–water partition coefficient (Wildman–Crippen LogP) is 2.12. The highest BCUT2D eigenvalue weighted by Gasteiger charge is 2.30. The first kappa shape index (κ1) is 17.4. The van der Waals surface area contributed by atoms with Crippen LogP contribution in [-0.4, -0.2) is 44.2 Å². The lowest BCUT2D eigenvalue weighted by Gasteiger charge is -2.33. The maximum absolute atomic E-state index is 13.0. The fourth-order valence-corrected chi connectivity index (χ4v) is 4.26. The minimum Gasteiger partial charge on any atom is -0.312 e. The third-order valence-corrected chi connectivity index (χ3v) is 6.64. The second-order valence-corrected chi connectivity index (χ2v) is 8.56. The standard InChI is InChI=1S/C16H25FN2O2S/c1-13(16(2,3)14-5-7-15(17)8-6-14)18-9-11-19-10-4-12-22(19,20)21/h5-8,13,18H,4,9-12H2,1-3H3/t13-/m0/s1. The van der Waals surface area contributed by atoms with Gasteiger partial charge in [-0.3, -0.25) is 0 Å². The summed E-state index contributed by atoms with van der Waals surface area (Å²) in [7, 11) is -3.03. The van der Waals surface area contributed by atoms with Crippen LogP contribution in [0.5, 0.6) is 0 Å². The lowest BCUT2D eigenvalue weighted by molar-refractivity contribution is 0.344. The Labute approximate surface area is 132 Å². The average Bonchev–Trinajstić information content (AvgIpc) is 2.78. The van der Waals surface area contributed by atoms with Crippen molar-refractivity contribution in [2.24, 2.45) is 0 Å². The molecule has 4 nitrogen and oxygen atoms in total. The Balaban J connectivity index is 1.91. The van der Waals surface area contributed by atoms with Gasteiger partial charge in [-0.05, 0) is 31.0 Å². The van der Waals surface area contributed by atoms with Gasteiger partial charge < -0.3 is 5.32 Å². The van der Waals surface area contributed by atoms with E-state index >= 15 is 0 Å². The van der Waals surface area contributed by atoms with E-state index in [1.165, 1.54) is 12.1 Å². The summed E-state index contributed by atoms with van der Waals surface area (Å²) in [5.41, 5.74) is 0.889. The van der Waals surface area contributed by atoms with Crippen molar-refractivity contribution in [1.29, 1.82) is 0 Å². The van der Waals surface area contributed by atoms with Gasteiger partial charge in [0.25, 0.3) is 0 Å². The third kappa shape index (κ3) is 3.86. The lowest BCUT2D eigenvalue weighted by Crippen LogP contribution is -2.45. The van der Waals surface area contributed by atoms with Crippen molar-refractivity contribution >= 4 is 10.0 Å². The molecule has 1 atom stereocenters.